The normalized spacial score (nSPS) is 15.9. The van der Waals surface area contributed by atoms with Crippen LogP contribution in [0.5, 0.6) is 0 Å². The van der Waals surface area contributed by atoms with E-state index in [9.17, 15) is 19.0 Å². The molecule has 0 saturated carbocycles. The Labute approximate surface area is 142 Å². The van der Waals surface area contributed by atoms with Crippen molar-refractivity contribution in [2.75, 3.05) is 12.3 Å². The van der Waals surface area contributed by atoms with Gasteiger partial charge < -0.3 is 14.7 Å². The molecule has 2 N–H and O–H groups in total. The molecule has 0 aliphatic heterocycles. The van der Waals surface area contributed by atoms with Gasteiger partial charge in [0.1, 0.15) is 6.10 Å². The molecule has 0 aromatic heterocycles. The molecular weight excluding hydrogens is 331 g/mol. The number of carboxylic acids is 1. The molecule has 0 heterocycles. The molecular formula is C17H25O6P. The molecule has 1 aromatic rings. The zero-order valence-corrected chi connectivity index (χ0v) is 14.7. The number of hydrogen-bond donors (Lipinski definition) is 2. The van der Waals surface area contributed by atoms with Crippen molar-refractivity contribution < 1.29 is 28.9 Å². The van der Waals surface area contributed by atoms with Crippen molar-refractivity contribution in [1.82, 2.24) is 0 Å². The summed E-state index contributed by atoms with van der Waals surface area (Å²) in [6.45, 7) is 2.06. The van der Waals surface area contributed by atoms with Gasteiger partial charge in [-0.15, -0.1) is 0 Å². The average molecular weight is 356 g/mol. The Morgan fingerprint density at radius 1 is 1.25 bits per heavy atom. The monoisotopic (exact) mass is 356 g/mol. The molecule has 6 nitrogen and oxygen atoms in total. The fraction of sp³-hybridized carbons (Fsp3) is 0.529. The van der Waals surface area contributed by atoms with Crippen LogP contribution in [0.3, 0.4) is 0 Å². The van der Waals surface area contributed by atoms with E-state index in [-0.39, 0.29) is 24.7 Å². The van der Waals surface area contributed by atoms with E-state index in [1.54, 1.807) is 6.92 Å². The molecule has 0 saturated heterocycles. The van der Waals surface area contributed by atoms with E-state index in [1.165, 1.54) is 0 Å². The number of carbonyl (C=O) groups is 2. The Hall–Kier alpha value is -1.65. The number of aliphatic carboxylic acids is 1. The van der Waals surface area contributed by atoms with Gasteiger partial charge in [-0.25, -0.2) is 0 Å². The first-order valence-electron chi connectivity index (χ1n) is 7.98. The summed E-state index contributed by atoms with van der Waals surface area (Å²) in [6, 6.07) is 9.62. The first-order chi connectivity index (χ1) is 11.3. The Morgan fingerprint density at radius 2 is 1.92 bits per heavy atom. The second-order valence-electron chi connectivity index (χ2n) is 6.13. The van der Waals surface area contributed by atoms with Gasteiger partial charge >= 0.3 is 5.97 Å². The summed E-state index contributed by atoms with van der Waals surface area (Å²) >= 11 is 0. The number of aryl methyl sites for hydroxylation is 1. The molecule has 0 amide bonds. The molecule has 0 radical (unpaired) electrons. The zero-order chi connectivity index (χ0) is 18.0. The van der Waals surface area contributed by atoms with Crippen LogP contribution in [0, 0.1) is 5.92 Å². The lowest BCUT2D eigenvalue weighted by Gasteiger charge is -2.21. The summed E-state index contributed by atoms with van der Waals surface area (Å²) in [4.78, 5) is 31.4. The molecule has 0 spiro atoms. The van der Waals surface area contributed by atoms with Crippen molar-refractivity contribution in [3.8, 4) is 0 Å². The summed E-state index contributed by atoms with van der Waals surface area (Å²) in [6.07, 6.45) is 0.752. The van der Waals surface area contributed by atoms with Crippen LogP contribution in [-0.2, 0) is 25.3 Å². The van der Waals surface area contributed by atoms with Crippen molar-refractivity contribution in [3.63, 3.8) is 0 Å². The number of hydrogen-bond acceptors (Lipinski definition) is 4. The first kappa shape index (κ1) is 20.4. The standard InChI is InChI=1S/C17H25O6P/c1-14(7-10-17(19)20)11-24(21,22)12-16(23-13-18)9-8-15-5-3-2-4-6-15/h2-6,13-14,16H,7-12H2,1H3,(H,19,20)(H,21,22). The van der Waals surface area contributed by atoms with E-state index in [4.69, 9.17) is 9.84 Å². The highest BCUT2D eigenvalue weighted by atomic mass is 31.2. The Balaban J connectivity index is 2.53. The van der Waals surface area contributed by atoms with E-state index in [0.717, 1.165) is 5.56 Å². The van der Waals surface area contributed by atoms with E-state index in [2.05, 4.69) is 0 Å². The van der Waals surface area contributed by atoms with Gasteiger partial charge in [0.2, 0.25) is 7.37 Å². The third-order valence-corrected chi connectivity index (χ3v) is 5.95. The van der Waals surface area contributed by atoms with Gasteiger partial charge in [-0.05, 0) is 30.7 Å². The number of carbonyl (C=O) groups excluding carboxylic acids is 1. The van der Waals surface area contributed by atoms with Crippen molar-refractivity contribution >= 4 is 19.8 Å². The number of benzene rings is 1. The molecule has 3 unspecified atom stereocenters. The molecule has 1 aromatic carbocycles. The number of rotatable bonds is 12. The molecule has 24 heavy (non-hydrogen) atoms. The van der Waals surface area contributed by atoms with Gasteiger partial charge in [-0.3, -0.25) is 14.2 Å². The van der Waals surface area contributed by atoms with Gasteiger partial charge in [-0.2, -0.15) is 0 Å². The summed E-state index contributed by atoms with van der Waals surface area (Å²) in [7, 11) is -3.49. The number of carboxylic acid groups (broad SMARTS) is 1. The maximum absolute atomic E-state index is 12.4. The minimum Gasteiger partial charge on any atom is -0.481 e. The predicted molar refractivity (Wildman–Crippen MR) is 91.3 cm³/mol. The molecule has 0 fully saturated rings. The lowest BCUT2D eigenvalue weighted by Crippen LogP contribution is -2.20. The maximum atomic E-state index is 12.4. The maximum Gasteiger partial charge on any atom is 0.303 e. The average Bonchev–Trinajstić information content (AvgIpc) is 2.51. The fourth-order valence-corrected chi connectivity index (χ4v) is 4.80. The Morgan fingerprint density at radius 3 is 2.50 bits per heavy atom. The van der Waals surface area contributed by atoms with E-state index < -0.39 is 19.4 Å². The molecule has 134 valence electrons. The Kier molecular flexibility index (Phi) is 8.72. The SMILES string of the molecule is CC(CCC(=O)O)CP(=O)(O)CC(CCc1ccccc1)OC=O. The van der Waals surface area contributed by atoms with Gasteiger partial charge in [0.15, 0.2) is 0 Å². The minimum absolute atomic E-state index is 0.0244. The smallest absolute Gasteiger partial charge is 0.303 e. The van der Waals surface area contributed by atoms with Crippen molar-refractivity contribution in [1.29, 1.82) is 0 Å². The highest BCUT2D eigenvalue weighted by molar-refractivity contribution is 7.58. The van der Waals surface area contributed by atoms with E-state index >= 15 is 0 Å². The second kappa shape index (κ2) is 10.3. The lowest BCUT2D eigenvalue weighted by molar-refractivity contribution is -0.137. The topological polar surface area (TPSA) is 101 Å². The molecule has 0 bridgehead atoms. The highest BCUT2D eigenvalue weighted by Gasteiger charge is 2.27. The van der Waals surface area contributed by atoms with Crippen LogP contribution in [0.4, 0.5) is 0 Å². The van der Waals surface area contributed by atoms with Gasteiger partial charge in [0.05, 0.1) is 6.16 Å². The summed E-state index contributed by atoms with van der Waals surface area (Å²) in [5, 5.41) is 8.66. The van der Waals surface area contributed by atoms with Crippen LogP contribution in [-0.4, -0.2) is 40.9 Å². The van der Waals surface area contributed by atoms with E-state index in [0.29, 0.717) is 25.7 Å². The third-order valence-electron chi connectivity index (χ3n) is 3.78. The Bertz CT molecular complexity index is 559. The van der Waals surface area contributed by atoms with Gasteiger partial charge in [-0.1, -0.05) is 37.3 Å². The molecule has 0 aliphatic carbocycles. The summed E-state index contributed by atoms with van der Waals surface area (Å²) in [5.74, 6) is -1.09. The van der Waals surface area contributed by atoms with Crippen LogP contribution >= 0.6 is 7.37 Å². The van der Waals surface area contributed by atoms with Crippen molar-refractivity contribution in [2.45, 2.75) is 38.7 Å². The molecule has 7 heteroatoms. The van der Waals surface area contributed by atoms with Gasteiger partial charge in [0, 0.05) is 12.6 Å². The molecule has 3 atom stereocenters. The van der Waals surface area contributed by atoms with E-state index in [1.807, 2.05) is 30.3 Å². The predicted octanol–water partition coefficient (Wildman–Crippen LogP) is 2.93. The van der Waals surface area contributed by atoms with Gasteiger partial charge in [0.25, 0.3) is 6.47 Å². The quantitative estimate of drug-likeness (QED) is 0.441. The minimum atomic E-state index is -3.49. The van der Waals surface area contributed by atoms with Crippen LogP contribution in [0.25, 0.3) is 0 Å². The molecule has 1 rings (SSSR count). The number of ether oxygens (including phenoxy) is 1. The van der Waals surface area contributed by atoms with Crippen LogP contribution in [0.1, 0.15) is 31.7 Å². The van der Waals surface area contributed by atoms with Crippen LogP contribution < -0.4 is 0 Å². The van der Waals surface area contributed by atoms with Crippen molar-refractivity contribution in [2.24, 2.45) is 5.92 Å². The lowest BCUT2D eigenvalue weighted by atomic mass is 10.1. The second-order valence-corrected chi connectivity index (χ2v) is 8.55. The van der Waals surface area contributed by atoms with Crippen LogP contribution in [0.2, 0.25) is 0 Å². The first-order valence-corrected chi connectivity index (χ1v) is 10.0. The summed E-state index contributed by atoms with van der Waals surface area (Å²) in [5.41, 5.74) is 1.07. The third kappa shape index (κ3) is 8.85. The van der Waals surface area contributed by atoms with Crippen LogP contribution in [0.15, 0.2) is 30.3 Å². The highest BCUT2D eigenvalue weighted by Crippen LogP contribution is 2.44. The largest absolute Gasteiger partial charge is 0.481 e. The van der Waals surface area contributed by atoms with Crippen molar-refractivity contribution in [3.05, 3.63) is 35.9 Å². The molecule has 0 aliphatic rings. The zero-order valence-electron chi connectivity index (χ0n) is 13.8. The fourth-order valence-electron chi connectivity index (χ4n) is 2.59. The summed E-state index contributed by atoms with van der Waals surface area (Å²) < 4.78 is 17.4.